The minimum atomic E-state index is -0.405. The minimum Gasteiger partial charge on any atom is -0.476 e. The Hall–Kier alpha value is -2.51. The molecular weight excluding hydrogens is 458 g/mol. The Morgan fingerprint density at radius 1 is 0.829 bits per heavy atom. The number of ether oxygens (including phenoxy) is 1. The van der Waals surface area contributed by atoms with Crippen LogP contribution >= 0.6 is 12.4 Å². The molecule has 0 saturated carbocycles. The molecule has 0 bridgehead atoms. The van der Waals surface area contributed by atoms with Crippen molar-refractivity contribution in [2.24, 2.45) is 17.4 Å². The molecule has 3 aromatic rings. The quantitative estimate of drug-likeness (QED) is 0.426. The molecule has 4 rings (SSSR count). The van der Waals surface area contributed by atoms with E-state index in [1.807, 2.05) is 27.7 Å². The zero-order chi connectivity index (χ0) is 24.3. The summed E-state index contributed by atoms with van der Waals surface area (Å²) in [7, 11) is 0. The van der Waals surface area contributed by atoms with E-state index in [9.17, 15) is 0 Å². The molecule has 2 aromatic carbocycles. The van der Waals surface area contributed by atoms with Crippen molar-refractivity contribution in [3.63, 3.8) is 0 Å². The SMILES string of the molecule is CC(C)(N)c1ccc(-c2ncc(OCC3CCNCC3)nc2-c2ccc(C(C)(C)N)cc2)cc1.Cl. The highest BCUT2D eigenvalue weighted by molar-refractivity contribution is 5.85. The lowest BCUT2D eigenvalue weighted by Gasteiger charge is -2.22. The first-order valence-corrected chi connectivity index (χ1v) is 12.1. The smallest absolute Gasteiger partial charge is 0.232 e. The van der Waals surface area contributed by atoms with Crippen LogP contribution in [0.2, 0.25) is 0 Å². The molecule has 0 spiro atoms. The molecule has 0 unspecified atom stereocenters. The first-order valence-electron chi connectivity index (χ1n) is 12.1. The van der Waals surface area contributed by atoms with Gasteiger partial charge in [-0.15, -0.1) is 12.4 Å². The van der Waals surface area contributed by atoms with Crippen molar-refractivity contribution in [1.82, 2.24) is 15.3 Å². The predicted octanol–water partition coefficient (Wildman–Crippen LogP) is 5.00. The van der Waals surface area contributed by atoms with Gasteiger partial charge in [0.25, 0.3) is 0 Å². The molecule has 0 atom stereocenters. The Labute approximate surface area is 215 Å². The number of nitrogens with two attached hydrogens (primary N) is 2. The Balaban J connectivity index is 0.00000342. The number of piperidine rings is 1. The van der Waals surface area contributed by atoms with Crippen LogP contribution in [0.3, 0.4) is 0 Å². The van der Waals surface area contributed by atoms with Gasteiger partial charge in [0.1, 0.15) is 5.69 Å². The van der Waals surface area contributed by atoms with Crippen LogP contribution in [0.5, 0.6) is 5.88 Å². The molecule has 35 heavy (non-hydrogen) atoms. The van der Waals surface area contributed by atoms with Gasteiger partial charge in [0.05, 0.1) is 18.5 Å². The average molecular weight is 496 g/mol. The van der Waals surface area contributed by atoms with Gasteiger partial charge in [-0.3, -0.25) is 0 Å². The molecule has 0 amide bonds. The lowest BCUT2D eigenvalue weighted by molar-refractivity contribution is 0.208. The van der Waals surface area contributed by atoms with Crippen LogP contribution in [0.4, 0.5) is 0 Å². The van der Waals surface area contributed by atoms with Crippen molar-refractivity contribution in [2.45, 2.75) is 51.6 Å². The molecule has 2 heterocycles. The maximum Gasteiger partial charge on any atom is 0.232 e. The van der Waals surface area contributed by atoms with E-state index in [2.05, 4.69) is 53.8 Å². The van der Waals surface area contributed by atoms with Crippen molar-refractivity contribution < 1.29 is 4.74 Å². The molecule has 0 radical (unpaired) electrons. The highest BCUT2D eigenvalue weighted by Crippen LogP contribution is 2.32. The van der Waals surface area contributed by atoms with Crippen molar-refractivity contribution in [3.05, 3.63) is 65.9 Å². The van der Waals surface area contributed by atoms with E-state index in [0.717, 1.165) is 59.6 Å². The first kappa shape index (κ1) is 27.1. The topological polar surface area (TPSA) is 99.1 Å². The zero-order valence-corrected chi connectivity index (χ0v) is 22.0. The highest BCUT2D eigenvalue weighted by atomic mass is 35.5. The Morgan fingerprint density at radius 2 is 1.31 bits per heavy atom. The Morgan fingerprint density at radius 3 is 1.80 bits per heavy atom. The normalized spacial score (nSPS) is 14.9. The van der Waals surface area contributed by atoms with Crippen molar-refractivity contribution in [2.75, 3.05) is 19.7 Å². The number of aromatic nitrogens is 2. The maximum atomic E-state index is 6.29. The van der Waals surface area contributed by atoms with Crippen LogP contribution < -0.4 is 21.5 Å². The van der Waals surface area contributed by atoms with Crippen molar-refractivity contribution >= 4 is 12.4 Å². The molecule has 1 aliphatic rings. The summed E-state index contributed by atoms with van der Waals surface area (Å²) in [6.45, 7) is 10.8. The first-order chi connectivity index (χ1) is 16.1. The standard InChI is InChI=1S/C28H37N5O.ClH/c1-27(2,29)22-9-5-20(6-10-22)25-26(21-7-11-23(12-8-21)28(3,4)30)33-24(17-32-25)34-18-19-13-15-31-16-14-19;/h5-12,17,19,31H,13-16,18,29-30H2,1-4H3;1H. The summed E-state index contributed by atoms with van der Waals surface area (Å²) >= 11 is 0. The molecule has 7 heteroatoms. The van der Waals surface area contributed by atoms with Crippen LogP contribution in [0.25, 0.3) is 22.5 Å². The van der Waals surface area contributed by atoms with Crippen LogP contribution in [0.1, 0.15) is 51.7 Å². The number of hydrogen-bond donors (Lipinski definition) is 3. The van der Waals surface area contributed by atoms with E-state index < -0.39 is 11.1 Å². The third-order valence-electron chi connectivity index (χ3n) is 6.48. The van der Waals surface area contributed by atoms with Gasteiger partial charge in [-0.25, -0.2) is 9.97 Å². The van der Waals surface area contributed by atoms with Crippen LogP contribution in [-0.2, 0) is 11.1 Å². The molecule has 1 saturated heterocycles. The van der Waals surface area contributed by atoms with Gasteiger partial charge in [0, 0.05) is 22.2 Å². The molecule has 5 N–H and O–H groups in total. The lowest BCUT2D eigenvalue weighted by Crippen LogP contribution is -2.30. The largest absolute Gasteiger partial charge is 0.476 e. The molecule has 1 aliphatic heterocycles. The van der Waals surface area contributed by atoms with Gasteiger partial charge in [0.15, 0.2) is 0 Å². The third kappa shape index (κ3) is 6.79. The average Bonchev–Trinajstić information content (AvgIpc) is 2.82. The summed E-state index contributed by atoms with van der Waals surface area (Å²) in [5.74, 6) is 1.10. The van der Waals surface area contributed by atoms with E-state index in [0.29, 0.717) is 18.4 Å². The van der Waals surface area contributed by atoms with E-state index in [-0.39, 0.29) is 12.4 Å². The second kappa shape index (κ2) is 11.0. The second-order valence-electron chi connectivity index (χ2n) is 10.5. The highest BCUT2D eigenvalue weighted by Gasteiger charge is 2.19. The van der Waals surface area contributed by atoms with Gasteiger partial charge < -0.3 is 21.5 Å². The number of rotatable bonds is 7. The third-order valence-corrected chi connectivity index (χ3v) is 6.48. The fourth-order valence-corrected chi connectivity index (χ4v) is 4.22. The van der Waals surface area contributed by atoms with Gasteiger partial charge >= 0.3 is 0 Å². The number of nitrogens with one attached hydrogen (secondary N) is 1. The predicted molar refractivity (Wildman–Crippen MR) is 146 cm³/mol. The number of nitrogens with zero attached hydrogens (tertiary/aromatic N) is 2. The summed E-state index contributed by atoms with van der Waals surface area (Å²) in [5.41, 5.74) is 17.5. The molecule has 6 nitrogen and oxygen atoms in total. The minimum absolute atomic E-state index is 0. The van der Waals surface area contributed by atoms with E-state index in [1.165, 1.54) is 0 Å². The fraction of sp³-hybridized carbons (Fsp3) is 0.429. The summed E-state index contributed by atoms with van der Waals surface area (Å²) < 4.78 is 6.10. The summed E-state index contributed by atoms with van der Waals surface area (Å²) in [6, 6.07) is 16.5. The van der Waals surface area contributed by atoms with E-state index >= 15 is 0 Å². The van der Waals surface area contributed by atoms with Gasteiger partial charge in [0.2, 0.25) is 5.88 Å². The zero-order valence-electron chi connectivity index (χ0n) is 21.2. The number of halogens is 1. The summed E-state index contributed by atoms with van der Waals surface area (Å²) in [5, 5.41) is 3.40. The molecule has 1 aromatic heterocycles. The molecule has 0 aliphatic carbocycles. The number of hydrogen-bond acceptors (Lipinski definition) is 6. The lowest BCUT2D eigenvalue weighted by atomic mass is 9.92. The van der Waals surface area contributed by atoms with E-state index in [4.69, 9.17) is 26.2 Å². The Bertz CT molecular complexity index is 1100. The summed E-state index contributed by atoms with van der Waals surface area (Å²) in [6.07, 6.45) is 3.98. The van der Waals surface area contributed by atoms with Gasteiger partial charge in [-0.2, -0.15) is 0 Å². The van der Waals surface area contributed by atoms with Crippen molar-refractivity contribution in [3.8, 4) is 28.4 Å². The monoisotopic (exact) mass is 495 g/mol. The maximum absolute atomic E-state index is 6.29. The number of benzene rings is 2. The second-order valence-corrected chi connectivity index (χ2v) is 10.5. The fourth-order valence-electron chi connectivity index (χ4n) is 4.22. The van der Waals surface area contributed by atoms with Crippen LogP contribution in [0.15, 0.2) is 54.7 Å². The molecule has 1 fully saturated rings. The van der Waals surface area contributed by atoms with Crippen LogP contribution in [0, 0.1) is 5.92 Å². The Kier molecular flexibility index (Phi) is 8.54. The van der Waals surface area contributed by atoms with E-state index in [1.54, 1.807) is 6.20 Å². The van der Waals surface area contributed by atoms with Gasteiger partial charge in [-0.1, -0.05) is 48.5 Å². The molecular formula is C28H38ClN5O. The van der Waals surface area contributed by atoms with Crippen LogP contribution in [-0.4, -0.2) is 29.7 Å². The summed E-state index contributed by atoms with van der Waals surface area (Å²) in [4.78, 5) is 9.71. The van der Waals surface area contributed by atoms with Gasteiger partial charge in [-0.05, 0) is 70.7 Å². The molecule has 188 valence electrons. The van der Waals surface area contributed by atoms with Crippen molar-refractivity contribution in [1.29, 1.82) is 0 Å².